The van der Waals surface area contributed by atoms with Crippen molar-refractivity contribution >= 4 is 27.3 Å². The first-order valence-corrected chi connectivity index (χ1v) is 11.8. The number of aryl methyl sites for hydroxylation is 4. The van der Waals surface area contributed by atoms with Gasteiger partial charge in [-0.15, -0.1) is 0 Å². The number of carbonyl (C=O) groups is 1. The van der Waals surface area contributed by atoms with E-state index in [1.807, 2.05) is 57.2 Å². The van der Waals surface area contributed by atoms with E-state index in [1.165, 1.54) is 16.4 Å². The van der Waals surface area contributed by atoms with E-state index in [0.29, 0.717) is 12.1 Å². The third-order valence-corrected chi connectivity index (χ3v) is 7.52. The van der Waals surface area contributed by atoms with E-state index >= 15 is 0 Å². The number of benzene rings is 3. The summed E-state index contributed by atoms with van der Waals surface area (Å²) in [4.78, 5) is 12.9. The average Bonchev–Trinajstić information content (AvgIpc) is 2.75. The fourth-order valence-electron chi connectivity index (χ4n) is 4.22. The van der Waals surface area contributed by atoms with Crippen molar-refractivity contribution in [3.05, 3.63) is 88.5 Å². The number of carbonyl (C=O) groups excluding carboxylic acids is 1. The van der Waals surface area contributed by atoms with E-state index in [2.05, 4.69) is 5.32 Å². The summed E-state index contributed by atoms with van der Waals surface area (Å²) in [5.41, 5.74) is 6.11. The van der Waals surface area contributed by atoms with Crippen LogP contribution in [0.15, 0.2) is 65.6 Å². The number of fused-ring (bicyclic) bond motifs is 1. The first kappa shape index (κ1) is 21.1. The Balaban J connectivity index is 1.58. The Labute approximate surface area is 183 Å². The molecule has 0 aliphatic carbocycles. The lowest BCUT2D eigenvalue weighted by molar-refractivity contribution is 0.102. The molecule has 0 saturated carbocycles. The minimum Gasteiger partial charge on any atom is -0.322 e. The standard InChI is InChI=1S/C25H26N2O3S/c1-17-15-18(2)24(19(3)16-17)26-25(28)21-10-12-22(13-11-21)31(29,30)27-14-6-8-20-7-4-5-9-23(20)27/h4-5,7,9-13,15-16H,6,8,14H2,1-3H3,(H,26,28). The number of rotatable bonds is 4. The van der Waals surface area contributed by atoms with Crippen LogP contribution >= 0.6 is 0 Å². The van der Waals surface area contributed by atoms with Gasteiger partial charge in [-0.2, -0.15) is 0 Å². The molecule has 0 radical (unpaired) electrons. The predicted molar refractivity (Wildman–Crippen MR) is 124 cm³/mol. The number of nitrogens with zero attached hydrogens (tertiary/aromatic N) is 1. The fourth-order valence-corrected chi connectivity index (χ4v) is 5.76. The number of sulfonamides is 1. The fraction of sp³-hybridized carbons (Fsp3) is 0.240. The molecule has 160 valence electrons. The van der Waals surface area contributed by atoms with Crippen molar-refractivity contribution < 1.29 is 13.2 Å². The van der Waals surface area contributed by atoms with Crippen LogP contribution in [0, 0.1) is 20.8 Å². The normalized spacial score (nSPS) is 13.6. The van der Waals surface area contributed by atoms with E-state index in [1.54, 1.807) is 12.1 Å². The SMILES string of the molecule is Cc1cc(C)c(NC(=O)c2ccc(S(=O)(=O)N3CCCc4ccccc43)cc2)c(C)c1. The van der Waals surface area contributed by atoms with Gasteiger partial charge in [-0.1, -0.05) is 35.9 Å². The van der Waals surface area contributed by atoms with Gasteiger partial charge < -0.3 is 5.32 Å². The van der Waals surface area contributed by atoms with Gasteiger partial charge in [0, 0.05) is 17.8 Å². The average molecular weight is 435 g/mol. The third-order valence-electron chi connectivity index (χ3n) is 5.69. The molecule has 0 fully saturated rings. The first-order chi connectivity index (χ1) is 14.8. The minimum atomic E-state index is -3.69. The maximum absolute atomic E-state index is 13.3. The Kier molecular flexibility index (Phi) is 5.58. The van der Waals surface area contributed by atoms with Crippen LogP contribution < -0.4 is 9.62 Å². The molecule has 1 aliphatic heterocycles. The second kappa shape index (κ2) is 8.19. The summed E-state index contributed by atoms with van der Waals surface area (Å²) in [5, 5.41) is 2.96. The molecule has 1 aliphatic rings. The largest absolute Gasteiger partial charge is 0.322 e. The van der Waals surface area contributed by atoms with Gasteiger partial charge >= 0.3 is 0 Å². The summed E-state index contributed by atoms with van der Waals surface area (Å²) in [5.74, 6) is -0.262. The molecule has 0 saturated heterocycles. The Morgan fingerprint density at radius 1 is 0.935 bits per heavy atom. The maximum atomic E-state index is 13.3. The van der Waals surface area contributed by atoms with Gasteiger partial charge in [-0.05, 0) is 80.6 Å². The lowest BCUT2D eigenvalue weighted by Crippen LogP contribution is -2.35. The van der Waals surface area contributed by atoms with Gasteiger partial charge in [-0.3, -0.25) is 9.10 Å². The molecule has 6 heteroatoms. The van der Waals surface area contributed by atoms with Crippen molar-refractivity contribution in [3.8, 4) is 0 Å². The van der Waals surface area contributed by atoms with Crippen LogP contribution in [0.25, 0.3) is 0 Å². The quantitative estimate of drug-likeness (QED) is 0.628. The van der Waals surface area contributed by atoms with Crippen LogP contribution in [0.2, 0.25) is 0 Å². The van der Waals surface area contributed by atoms with Crippen molar-refractivity contribution in [2.45, 2.75) is 38.5 Å². The zero-order chi connectivity index (χ0) is 22.2. The Hall–Kier alpha value is -3.12. The second-order valence-electron chi connectivity index (χ2n) is 8.06. The van der Waals surface area contributed by atoms with Gasteiger partial charge in [0.1, 0.15) is 0 Å². The molecule has 5 nitrogen and oxygen atoms in total. The smallest absolute Gasteiger partial charge is 0.264 e. The van der Waals surface area contributed by atoms with Gasteiger partial charge in [-0.25, -0.2) is 8.42 Å². The van der Waals surface area contributed by atoms with Crippen LogP contribution in [0.4, 0.5) is 11.4 Å². The summed E-state index contributed by atoms with van der Waals surface area (Å²) in [6.45, 7) is 6.39. The molecule has 0 bridgehead atoms. The van der Waals surface area contributed by atoms with Gasteiger partial charge in [0.25, 0.3) is 15.9 Å². The van der Waals surface area contributed by atoms with Gasteiger partial charge in [0.2, 0.25) is 0 Å². The molecule has 1 heterocycles. The van der Waals surface area contributed by atoms with E-state index in [-0.39, 0.29) is 10.8 Å². The van der Waals surface area contributed by atoms with Crippen LogP contribution in [-0.2, 0) is 16.4 Å². The minimum absolute atomic E-state index is 0.184. The van der Waals surface area contributed by atoms with Gasteiger partial charge in [0.05, 0.1) is 10.6 Å². The van der Waals surface area contributed by atoms with Crippen LogP contribution in [0.5, 0.6) is 0 Å². The summed E-state index contributed by atoms with van der Waals surface area (Å²) in [7, 11) is -3.69. The van der Waals surface area contributed by atoms with Crippen molar-refractivity contribution in [2.24, 2.45) is 0 Å². The van der Waals surface area contributed by atoms with E-state index < -0.39 is 10.0 Å². The van der Waals surface area contributed by atoms with Crippen molar-refractivity contribution in [1.29, 1.82) is 0 Å². The number of para-hydroxylation sites is 1. The molecule has 0 atom stereocenters. The molecule has 3 aromatic rings. The highest BCUT2D eigenvalue weighted by atomic mass is 32.2. The number of hydrogen-bond acceptors (Lipinski definition) is 3. The molecule has 0 spiro atoms. The van der Waals surface area contributed by atoms with Crippen molar-refractivity contribution in [1.82, 2.24) is 0 Å². The van der Waals surface area contributed by atoms with E-state index in [9.17, 15) is 13.2 Å². The molecular weight excluding hydrogens is 408 g/mol. The van der Waals surface area contributed by atoms with E-state index in [4.69, 9.17) is 0 Å². The first-order valence-electron chi connectivity index (χ1n) is 10.4. The molecule has 0 aromatic heterocycles. The zero-order valence-corrected chi connectivity index (χ0v) is 18.8. The molecule has 3 aromatic carbocycles. The Morgan fingerprint density at radius 2 is 1.58 bits per heavy atom. The third kappa shape index (κ3) is 4.08. The molecule has 1 N–H and O–H groups in total. The monoisotopic (exact) mass is 434 g/mol. The lowest BCUT2D eigenvalue weighted by Gasteiger charge is -2.30. The second-order valence-corrected chi connectivity index (χ2v) is 9.92. The number of anilines is 2. The molecule has 4 rings (SSSR count). The summed E-state index contributed by atoms with van der Waals surface area (Å²) in [6.07, 6.45) is 1.66. The number of hydrogen-bond donors (Lipinski definition) is 1. The molecule has 31 heavy (non-hydrogen) atoms. The molecule has 0 unspecified atom stereocenters. The van der Waals surface area contributed by atoms with Crippen molar-refractivity contribution in [2.75, 3.05) is 16.2 Å². The Bertz CT molecular complexity index is 1230. The van der Waals surface area contributed by atoms with Crippen LogP contribution in [0.3, 0.4) is 0 Å². The zero-order valence-electron chi connectivity index (χ0n) is 18.0. The number of amides is 1. The van der Waals surface area contributed by atoms with Crippen LogP contribution in [0.1, 0.15) is 39.0 Å². The van der Waals surface area contributed by atoms with Crippen molar-refractivity contribution in [3.63, 3.8) is 0 Å². The molecule has 1 amide bonds. The highest BCUT2D eigenvalue weighted by molar-refractivity contribution is 7.92. The van der Waals surface area contributed by atoms with E-state index in [0.717, 1.165) is 46.5 Å². The highest BCUT2D eigenvalue weighted by Gasteiger charge is 2.29. The topological polar surface area (TPSA) is 66.5 Å². The Morgan fingerprint density at radius 3 is 2.26 bits per heavy atom. The van der Waals surface area contributed by atoms with Crippen LogP contribution in [-0.4, -0.2) is 20.9 Å². The predicted octanol–water partition coefficient (Wildman–Crippen LogP) is 5.01. The summed E-state index contributed by atoms with van der Waals surface area (Å²) in [6, 6.07) is 17.8. The molecular formula is C25H26N2O3S. The summed E-state index contributed by atoms with van der Waals surface area (Å²) >= 11 is 0. The summed E-state index contributed by atoms with van der Waals surface area (Å²) < 4.78 is 28.0. The van der Waals surface area contributed by atoms with Gasteiger partial charge in [0.15, 0.2) is 0 Å². The number of nitrogens with one attached hydrogen (secondary N) is 1. The lowest BCUT2D eigenvalue weighted by atomic mass is 10.0. The highest BCUT2D eigenvalue weighted by Crippen LogP contribution is 2.32. The maximum Gasteiger partial charge on any atom is 0.264 e.